The number of carboxylic acid groups (broad SMARTS) is 1. The highest BCUT2D eigenvalue weighted by Gasteiger charge is 2.34. The second-order valence-corrected chi connectivity index (χ2v) is 4.72. The van der Waals surface area contributed by atoms with Crippen LogP contribution >= 0.6 is 0 Å². The second kappa shape index (κ2) is 4.70. The summed E-state index contributed by atoms with van der Waals surface area (Å²) < 4.78 is 0. The number of hydrogen-bond donors (Lipinski definition) is 1. The summed E-state index contributed by atoms with van der Waals surface area (Å²) in [5, 5.41) is 8.93. The molecule has 1 aromatic rings. The number of aryl methyl sites for hydroxylation is 1. The first kappa shape index (κ1) is 11.8. The summed E-state index contributed by atoms with van der Waals surface area (Å²) in [5.74, 6) is -1.12. The van der Waals surface area contributed by atoms with E-state index in [-0.39, 0.29) is 17.6 Å². The number of carbonyl (C=O) groups is 2. The molecule has 0 bridgehead atoms. The number of benzene rings is 1. The third-order valence-electron chi connectivity index (χ3n) is 3.56. The molecule has 1 N–H and O–H groups in total. The molecule has 0 aromatic heterocycles. The van der Waals surface area contributed by atoms with Crippen molar-refractivity contribution < 1.29 is 14.7 Å². The van der Waals surface area contributed by atoms with E-state index in [0.29, 0.717) is 19.3 Å². The smallest absolute Gasteiger partial charge is 0.306 e. The normalized spacial score (nSPS) is 23.6. The zero-order chi connectivity index (χ0) is 12.4. The highest BCUT2D eigenvalue weighted by atomic mass is 16.4. The summed E-state index contributed by atoms with van der Waals surface area (Å²) in [7, 11) is 0. The molecule has 90 valence electrons. The second-order valence-electron chi connectivity index (χ2n) is 4.72. The van der Waals surface area contributed by atoms with Crippen LogP contribution in [0.15, 0.2) is 24.3 Å². The lowest BCUT2D eigenvalue weighted by atomic mass is 9.92. The van der Waals surface area contributed by atoms with E-state index in [1.807, 2.05) is 31.2 Å². The van der Waals surface area contributed by atoms with Crippen LogP contribution in [0.5, 0.6) is 0 Å². The first-order valence-electron chi connectivity index (χ1n) is 5.92. The molecule has 1 fully saturated rings. The van der Waals surface area contributed by atoms with Crippen molar-refractivity contribution in [3.8, 4) is 0 Å². The van der Waals surface area contributed by atoms with Crippen LogP contribution in [0.2, 0.25) is 0 Å². The van der Waals surface area contributed by atoms with Crippen LogP contribution < -0.4 is 0 Å². The van der Waals surface area contributed by atoms with Crippen molar-refractivity contribution in [2.24, 2.45) is 11.8 Å². The molecule has 17 heavy (non-hydrogen) atoms. The van der Waals surface area contributed by atoms with Crippen molar-refractivity contribution in [3.63, 3.8) is 0 Å². The van der Waals surface area contributed by atoms with Gasteiger partial charge in [-0.05, 0) is 31.7 Å². The maximum absolute atomic E-state index is 12.2. The summed E-state index contributed by atoms with van der Waals surface area (Å²) >= 11 is 0. The number of rotatable bonds is 3. The van der Waals surface area contributed by atoms with Crippen LogP contribution in [-0.4, -0.2) is 16.9 Å². The lowest BCUT2D eigenvalue weighted by molar-refractivity contribution is -0.141. The summed E-state index contributed by atoms with van der Waals surface area (Å²) in [6.07, 6.45) is 1.81. The fraction of sp³-hybridized carbons (Fsp3) is 0.429. The zero-order valence-electron chi connectivity index (χ0n) is 9.85. The molecule has 2 rings (SSSR count). The molecule has 1 saturated carbocycles. The van der Waals surface area contributed by atoms with Crippen molar-refractivity contribution >= 4 is 11.8 Å². The number of aliphatic carboxylic acids is 1. The van der Waals surface area contributed by atoms with Crippen LogP contribution in [0, 0.1) is 18.8 Å². The Hall–Kier alpha value is -1.64. The third-order valence-corrected chi connectivity index (χ3v) is 3.56. The number of carboxylic acids is 1. The van der Waals surface area contributed by atoms with Gasteiger partial charge in [-0.1, -0.05) is 24.3 Å². The van der Waals surface area contributed by atoms with Gasteiger partial charge < -0.3 is 5.11 Å². The van der Waals surface area contributed by atoms with E-state index >= 15 is 0 Å². The molecule has 0 aliphatic heterocycles. The molecule has 0 heterocycles. The van der Waals surface area contributed by atoms with E-state index < -0.39 is 5.97 Å². The molecular formula is C14H16O3. The topological polar surface area (TPSA) is 54.4 Å². The average molecular weight is 232 g/mol. The van der Waals surface area contributed by atoms with Gasteiger partial charge >= 0.3 is 5.97 Å². The van der Waals surface area contributed by atoms with Gasteiger partial charge in [0.05, 0.1) is 5.92 Å². The SMILES string of the molecule is Cc1ccccc1C(=O)[C@H]1CC[C@@H](C(=O)O)C1. The van der Waals surface area contributed by atoms with Crippen molar-refractivity contribution in [3.05, 3.63) is 35.4 Å². The molecule has 3 nitrogen and oxygen atoms in total. The van der Waals surface area contributed by atoms with Crippen LogP contribution in [0.25, 0.3) is 0 Å². The van der Waals surface area contributed by atoms with Crippen LogP contribution in [0.4, 0.5) is 0 Å². The van der Waals surface area contributed by atoms with Gasteiger partial charge in [0.25, 0.3) is 0 Å². The minimum atomic E-state index is -0.773. The molecule has 0 spiro atoms. The van der Waals surface area contributed by atoms with E-state index in [1.54, 1.807) is 0 Å². The lowest BCUT2D eigenvalue weighted by Gasteiger charge is -2.10. The lowest BCUT2D eigenvalue weighted by Crippen LogP contribution is -2.15. The van der Waals surface area contributed by atoms with E-state index in [4.69, 9.17) is 5.11 Å². The first-order valence-corrected chi connectivity index (χ1v) is 5.92. The molecule has 0 unspecified atom stereocenters. The molecule has 1 aromatic carbocycles. The third kappa shape index (κ3) is 2.38. The highest BCUT2D eigenvalue weighted by Crippen LogP contribution is 2.33. The van der Waals surface area contributed by atoms with Gasteiger partial charge in [0.1, 0.15) is 0 Å². The molecule has 1 aliphatic carbocycles. The van der Waals surface area contributed by atoms with Gasteiger partial charge in [-0.2, -0.15) is 0 Å². The monoisotopic (exact) mass is 232 g/mol. The summed E-state index contributed by atoms with van der Waals surface area (Å²) in [5.41, 5.74) is 1.71. The van der Waals surface area contributed by atoms with Crippen LogP contribution in [-0.2, 0) is 4.79 Å². The van der Waals surface area contributed by atoms with Crippen molar-refractivity contribution in [2.75, 3.05) is 0 Å². The molecule has 3 heteroatoms. The maximum Gasteiger partial charge on any atom is 0.306 e. The minimum absolute atomic E-state index is 0.104. The fourth-order valence-corrected chi connectivity index (χ4v) is 2.51. The van der Waals surface area contributed by atoms with Gasteiger partial charge in [0.2, 0.25) is 0 Å². The maximum atomic E-state index is 12.2. The predicted molar refractivity (Wildman–Crippen MR) is 64.0 cm³/mol. The summed E-state index contributed by atoms with van der Waals surface area (Å²) in [6.45, 7) is 1.91. The van der Waals surface area contributed by atoms with Crippen LogP contribution in [0.3, 0.4) is 0 Å². The number of ketones is 1. The highest BCUT2D eigenvalue weighted by molar-refractivity contribution is 5.99. The Bertz CT molecular complexity index is 451. The largest absolute Gasteiger partial charge is 0.481 e. The van der Waals surface area contributed by atoms with E-state index in [0.717, 1.165) is 11.1 Å². The van der Waals surface area contributed by atoms with E-state index in [9.17, 15) is 9.59 Å². The molecule has 1 aliphatic rings. The molecule has 0 saturated heterocycles. The van der Waals surface area contributed by atoms with Gasteiger partial charge in [-0.25, -0.2) is 0 Å². The van der Waals surface area contributed by atoms with Crippen molar-refractivity contribution in [1.29, 1.82) is 0 Å². The Balaban J connectivity index is 2.13. The summed E-state index contributed by atoms with van der Waals surface area (Å²) in [4.78, 5) is 23.1. The molecule has 0 radical (unpaired) electrons. The van der Waals surface area contributed by atoms with E-state index in [1.165, 1.54) is 0 Å². The average Bonchev–Trinajstić information content (AvgIpc) is 2.78. The summed E-state index contributed by atoms with van der Waals surface area (Å²) in [6, 6.07) is 7.49. The predicted octanol–water partition coefficient (Wildman–Crippen LogP) is 2.68. The molecule has 0 amide bonds. The van der Waals surface area contributed by atoms with Crippen molar-refractivity contribution in [2.45, 2.75) is 26.2 Å². The van der Waals surface area contributed by atoms with Crippen LogP contribution in [0.1, 0.15) is 35.2 Å². The van der Waals surface area contributed by atoms with Gasteiger partial charge in [0.15, 0.2) is 5.78 Å². The number of carbonyl (C=O) groups excluding carboxylic acids is 1. The minimum Gasteiger partial charge on any atom is -0.481 e. The number of Topliss-reactive ketones (excluding diaryl/α,β-unsaturated/α-hetero) is 1. The number of hydrogen-bond acceptors (Lipinski definition) is 2. The Morgan fingerprint density at radius 1 is 1.18 bits per heavy atom. The Labute approximate surface area is 100 Å². The Morgan fingerprint density at radius 2 is 1.82 bits per heavy atom. The molecule has 2 atom stereocenters. The fourth-order valence-electron chi connectivity index (χ4n) is 2.51. The first-order chi connectivity index (χ1) is 8.09. The quantitative estimate of drug-likeness (QED) is 0.815. The Morgan fingerprint density at radius 3 is 2.41 bits per heavy atom. The van der Waals surface area contributed by atoms with Gasteiger partial charge in [0, 0.05) is 11.5 Å². The van der Waals surface area contributed by atoms with Gasteiger partial charge in [-0.15, -0.1) is 0 Å². The standard InChI is InChI=1S/C14H16O3/c1-9-4-2-3-5-12(9)13(15)10-6-7-11(8-10)14(16)17/h2-5,10-11H,6-8H2,1H3,(H,16,17)/t10-,11+/m0/s1. The molecular weight excluding hydrogens is 216 g/mol. The zero-order valence-corrected chi connectivity index (χ0v) is 9.85. The van der Waals surface area contributed by atoms with E-state index in [2.05, 4.69) is 0 Å². The van der Waals surface area contributed by atoms with Crippen molar-refractivity contribution in [1.82, 2.24) is 0 Å². The Kier molecular flexibility index (Phi) is 3.27. The van der Waals surface area contributed by atoms with Gasteiger partial charge in [-0.3, -0.25) is 9.59 Å².